The van der Waals surface area contributed by atoms with Crippen LogP contribution in [0.3, 0.4) is 0 Å². The Labute approximate surface area is 166 Å². The molecule has 1 amide bonds. The Hall–Kier alpha value is -2.18. The summed E-state index contributed by atoms with van der Waals surface area (Å²) in [5.74, 6) is -1.54. The quantitative estimate of drug-likeness (QED) is 0.255. The number of ether oxygens (including phenoxy) is 2. The molecule has 3 rings (SSSR count). The number of allylic oxidation sites excluding steroid dienone is 3. The zero-order valence-electron chi connectivity index (χ0n) is 17.1. The third-order valence-corrected chi connectivity index (χ3v) is 5.93. The molecule has 0 aromatic heterocycles. The number of rotatable bonds is 4. The lowest BCUT2D eigenvalue weighted by Crippen LogP contribution is -2.55. The molecule has 2 saturated heterocycles. The van der Waals surface area contributed by atoms with Gasteiger partial charge in [-0.25, -0.2) is 0 Å². The molecule has 3 aliphatic heterocycles. The topological polar surface area (TPSA) is 84.9 Å². The zero-order chi connectivity index (χ0) is 20.6. The highest BCUT2D eigenvalue weighted by molar-refractivity contribution is 6.25. The largest absolute Gasteiger partial charge is 0.507 e. The van der Waals surface area contributed by atoms with Gasteiger partial charge in [0.1, 0.15) is 11.3 Å². The van der Waals surface area contributed by atoms with E-state index < -0.39 is 17.5 Å². The van der Waals surface area contributed by atoms with E-state index in [9.17, 15) is 14.7 Å². The average Bonchev–Trinajstić information content (AvgIpc) is 2.97. The molecule has 6 heteroatoms. The van der Waals surface area contributed by atoms with E-state index in [0.29, 0.717) is 0 Å². The molecular formula is C22H29NO5. The van der Waals surface area contributed by atoms with Gasteiger partial charge in [-0.05, 0) is 38.8 Å². The van der Waals surface area contributed by atoms with Crippen molar-refractivity contribution >= 4 is 11.7 Å². The fraction of sp³-hybridized carbons (Fsp3) is 0.545. The third-order valence-electron chi connectivity index (χ3n) is 5.93. The van der Waals surface area contributed by atoms with E-state index in [1.807, 2.05) is 20.8 Å². The standard InChI is InChI=1S/C22H29NO5/c1-12(6-8-16(24)19-17(25)11-23-21(19)26)10-13(2)20-15(4)18-9-7-14(3)22(5,27-18)28-20/h6-8,10,13,15,18,20,24H,9,11H2,1-5H3,(H,23,26)/b8-6+,12-10+,19-16+/t13-,15?,18?,20?,22?/m1/s1. The Balaban J connectivity index is 1.74. The first-order valence-electron chi connectivity index (χ1n) is 9.76. The SMILES string of the molecule is CC1=CCC2OC1(C)OC([C@H](C)/C=C(C)/C=C/C(O)=C1/C(=O)CNC1=O)C2C. The van der Waals surface area contributed by atoms with Crippen LogP contribution < -0.4 is 5.32 Å². The molecule has 5 atom stereocenters. The summed E-state index contributed by atoms with van der Waals surface area (Å²) in [6, 6.07) is 0. The lowest BCUT2D eigenvalue weighted by atomic mass is 9.82. The minimum Gasteiger partial charge on any atom is -0.507 e. The second kappa shape index (κ2) is 7.68. The van der Waals surface area contributed by atoms with Crippen LogP contribution in [0.25, 0.3) is 0 Å². The molecule has 0 saturated carbocycles. The molecule has 2 fully saturated rings. The summed E-state index contributed by atoms with van der Waals surface area (Å²) in [5, 5.41) is 12.5. The van der Waals surface area contributed by atoms with Gasteiger partial charge in [-0.2, -0.15) is 0 Å². The average molecular weight is 387 g/mol. The van der Waals surface area contributed by atoms with Crippen LogP contribution >= 0.6 is 0 Å². The number of hydrogen-bond donors (Lipinski definition) is 2. The normalized spacial score (nSPS) is 36.4. The molecular weight excluding hydrogens is 358 g/mol. The summed E-state index contributed by atoms with van der Waals surface area (Å²) in [7, 11) is 0. The number of aliphatic hydroxyl groups excluding tert-OH is 1. The lowest BCUT2D eigenvalue weighted by molar-refractivity contribution is -0.318. The van der Waals surface area contributed by atoms with Crippen molar-refractivity contribution in [3.8, 4) is 0 Å². The molecule has 0 aliphatic carbocycles. The lowest BCUT2D eigenvalue weighted by Gasteiger charge is -2.50. The Morgan fingerprint density at radius 2 is 2.07 bits per heavy atom. The maximum absolute atomic E-state index is 11.7. The van der Waals surface area contributed by atoms with Gasteiger partial charge < -0.3 is 19.9 Å². The van der Waals surface area contributed by atoms with Crippen LogP contribution in [0.4, 0.5) is 0 Å². The monoisotopic (exact) mass is 387 g/mol. The minimum atomic E-state index is -0.676. The molecule has 3 heterocycles. The molecule has 2 bridgehead atoms. The second-order valence-corrected chi connectivity index (χ2v) is 8.14. The van der Waals surface area contributed by atoms with E-state index in [2.05, 4.69) is 31.3 Å². The van der Waals surface area contributed by atoms with Crippen LogP contribution in [0.1, 0.15) is 41.0 Å². The molecule has 0 radical (unpaired) electrons. The number of carbonyl (C=O) groups excluding carboxylic acids is 2. The number of nitrogens with one attached hydrogen (secondary N) is 1. The van der Waals surface area contributed by atoms with Gasteiger partial charge in [0.05, 0.1) is 18.8 Å². The third kappa shape index (κ3) is 3.84. The summed E-state index contributed by atoms with van der Waals surface area (Å²) in [6.07, 6.45) is 8.42. The fourth-order valence-electron chi connectivity index (χ4n) is 4.10. The highest BCUT2D eigenvalue weighted by atomic mass is 16.7. The minimum absolute atomic E-state index is 0.00453. The summed E-state index contributed by atoms with van der Waals surface area (Å²) < 4.78 is 12.5. The second-order valence-electron chi connectivity index (χ2n) is 8.14. The van der Waals surface area contributed by atoms with Crippen LogP contribution in [0.15, 0.2) is 46.8 Å². The maximum Gasteiger partial charge on any atom is 0.259 e. The van der Waals surface area contributed by atoms with Crippen molar-refractivity contribution in [2.45, 2.75) is 59.0 Å². The molecule has 6 nitrogen and oxygen atoms in total. The molecule has 3 aliphatic rings. The van der Waals surface area contributed by atoms with Gasteiger partial charge in [-0.15, -0.1) is 0 Å². The van der Waals surface area contributed by atoms with E-state index in [1.54, 1.807) is 6.08 Å². The van der Waals surface area contributed by atoms with Crippen LogP contribution in [0.5, 0.6) is 0 Å². The Kier molecular flexibility index (Phi) is 5.64. The molecule has 2 N–H and O–H groups in total. The first kappa shape index (κ1) is 20.6. The van der Waals surface area contributed by atoms with E-state index in [-0.39, 0.29) is 41.9 Å². The van der Waals surface area contributed by atoms with Crippen LogP contribution in [-0.2, 0) is 19.1 Å². The molecule has 4 unspecified atom stereocenters. The Morgan fingerprint density at radius 1 is 1.36 bits per heavy atom. The van der Waals surface area contributed by atoms with Crippen molar-refractivity contribution in [3.63, 3.8) is 0 Å². The zero-order valence-corrected chi connectivity index (χ0v) is 17.1. The van der Waals surface area contributed by atoms with Gasteiger partial charge in [0, 0.05) is 11.8 Å². The van der Waals surface area contributed by atoms with Crippen LogP contribution in [0, 0.1) is 11.8 Å². The molecule has 28 heavy (non-hydrogen) atoms. The van der Waals surface area contributed by atoms with E-state index >= 15 is 0 Å². The van der Waals surface area contributed by atoms with E-state index in [1.165, 1.54) is 6.08 Å². The van der Waals surface area contributed by atoms with Gasteiger partial charge in [-0.1, -0.05) is 37.6 Å². The van der Waals surface area contributed by atoms with Crippen molar-refractivity contribution in [2.75, 3.05) is 6.54 Å². The predicted molar refractivity (Wildman–Crippen MR) is 105 cm³/mol. The van der Waals surface area contributed by atoms with E-state index in [0.717, 1.165) is 17.6 Å². The molecule has 0 spiro atoms. The Morgan fingerprint density at radius 3 is 2.71 bits per heavy atom. The first-order chi connectivity index (χ1) is 13.1. The van der Waals surface area contributed by atoms with Crippen molar-refractivity contribution < 1.29 is 24.2 Å². The van der Waals surface area contributed by atoms with Crippen molar-refractivity contribution in [2.24, 2.45) is 11.8 Å². The number of carbonyl (C=O) groups is 2. The number of hydrogen-bond acceptors (Lipinski definition) is 5. The smallest absolute Gasteiger partial charge is 0.259 e. The summed E-state index contributed by atoms with van der Waals surface area (Å²) in [4.78, 5) is 23.3. The van der Waals surface area contributed by atoms with Crippen molar-refractivity contribution in [1.29, 1.82) is 0 Å². The van der Waals surface area contributed by atoms with Gasteiger partial charge in [0.15, 0.2) is 11.6 Å². The number of Topliss-reactive ketones (excluding diaryl/α,β-unsaturated/α-hetero) is 1. The molecule has 152 valence electrons. The van der Waals surface area contributed by atoms with Gasteiger partial charge >= 0.3 is 0 Å². The first-order valence-corrected chi connectivity index (χ1v) is 9.76. The Bertz CT molecular complexity index is 788. The van der Waals surface area contributed by atoms with Crippen molar-refractivity contribution in [1.82, 2.24) is 5.32 Å². The maximum atomic E-state index is 11.7. The van der Waals surface area contributed by atoms with Crippen LogP contribution in [0.2, 0.25) is 0 Å². The van der Waals surface area contributed by atoms with Crippen LogP contribution in [-0.4, -0.2) is 41.3 Å². The summed E-state index contributed by atoms with van der Waals surface area (Å²) in [6.45, 7) is 10.1. The molecule has 0 aromatic rings. The number of ketones is 1. The highest BCUT2D eigenvalue weighted by Gasteiger charge is 2.47. The number of amides is 1. The highest BCUT2D eigenvalue weighted by Crippen LogP contribution is 2.43. The van der Waals surface area contributed by atoms with Gasteiger partial charge in [-0.3, -0.25) is 9.59 Å². The van der Waals surface area contributed by atoms with Gasteiger partial charge in [0.2, 0.25) is 0 Å². The van der Waals surface area contributed by atoms with Gasteiger partial charge in [0.25, 0.3) is 5.91 Å². The van der Waals surface area contributed by atoms with E-state index in [4.69, 9.17) is 9.47 Å². The molecule has 0 aromatic carbocycles. The van der Waals surface area contributed by atoms with Crippen molar-refractivity contribution in [3.05, 3.63) is 46.8 Å². The summed E-state index contributed by atoms with van der Waals surface area (Å²) in [5.41, 5.74) is 1.83. The summed E-state index contributed by atoms with van der Waals surface area (Å²) >= 11 is 0. The fourth-order valence-corrected chi connectivity index (χ4v) is 4.10. The number of aliphatic hydroxyl groups is 1. The number of fused-ring (bicyclic) bond motifs is 2. The predicted octanol–water partition coefficient (Wildman–Crippen LogP) is 3.12.